The first-order valence-electron chi connectivity index (χ1n) is 6.61. The van der Waals surface area contributed by atoms with Gasteiger partial charge in [0.05, 0.1) is 19.3 Å². The van der Waals surface area contributed by atoms with Crippen molar-refractivity contribution >= 4 is 11.9 Å². The highest BCUT2D eigenvalue weighted by Crippen LogP contribution is 2.14. The number of likely N-dealkylation sites (N-methyl/N-ethyl adjacent to an activating group) is 1. The molecule has 1 heterocycles. The van der Waals surface area contributed by atoms with E-state index in [9.17, 15) is 5.11 Å². The molecule has 8 nitrogen and oxygen atoms in total. The molecule has 1 atom stereocenters. The fourth-order valence-electron chi connectivity index (χ4n) is 1.59. The van der Waals surface area contributed by atoms with E-state index in [1.165, 1.54) is 0 Å². The molecular formula is C12H23N5O3. The number of nitrogens with zero attached hydrogens (tertiary/aromatic N) is 4. The van der Waals surface area contributed by atoms with Crippen LogP contribution in [0.3, 0.4) is 0 Å². The van der Waals surface area contributed by atoms with Gasteiger partial charge in [-0.2, -0.15) is 15.0 Å². The minimum atomic E-state index is -0.611. The summed E-state index contributed by atoms with van der Waals surface area (Å²) in [5.41, 5.74) is 0. The van der Waals surface area contributed by atoms with Crippen LogP contribution in [0.4, 0.5) is 11.9 Å². The maximum Gasteiger partial charge on any atom is 0.323 e. The van der Waals surface area contributed by atoms with Crippen molar-refractivity contribution in [3.05, 3.63) is 0 Å². The molecule has 0 aliphatic carbocycles. The van der Waals surface area contributed by atoms with Gasteiger partial charge in [-0.15, -0.1) is 0 Å². The van der Waals surface area contributed by atoms with Crippen LogP contribution >= 0.6 is 0 Å². The smallest absolute Gasteiger partial charge is 0.323 e. The molecule has 0 bridgehead atoms. The van der Waals surface area contributed by atoms with E-state index in [1.807, 2.05) is 13.8 Å². The Labute approximate surface area is 119 Å². The van der Waals surface area contributed by atoms with E-state index in [4.69, 9.17) is 9.47 Å². The van der Waals surface area contributed by atoms with Gasteiger partial charge in [-0.1, -0.05) is 0 Å². The normalized spacial score (nSPS) is 12.1. The topological polar surface area (TPSA) is 92.6 Å². The van der Waals surface area contributed by atoms with E-state index in [0.29, 0.717) is 31.6 Å². The summed E-state index contributed by atoms with van der Waals surface area (Å²) < 4.78 is 10.2. The van der Waals surface area contributed by atoms with Gasteiger partial charge >= 0.3 is 6.01 Å². The Kier molecular flexibility index (Phi) is 6.96. The van der Waals surface area contributed by atoms with E-state index in [0.717, 1.165) is 0 Å². The second-order valence-electron chi connectivity index (χ2n) is 4.19. The van der Waals surface area contributed by atoms with Gasteiger partial charge in [-0.05, 0) is 13.8 Å². The summed E-state index contributed by atoms with van der Waals surface area (Å²) in [7, 11) is 3.34. The third-order valence-corrected chi connectivity index (χ3v) is 2.40. The van der Waals surface area contributed by atoms with Crippen LogP contribution in [0.2, 0.25) is 0 Å². The summed E-state index contributed by atoms with van der Waals surface area (Å²) in [4.78, 5) is 14.4. The second kappa shape index (κ2) is 8.49. The Hall–Kier alpha value is -1.67. The summed E-state index contributed by atoms with van der Waals surface area (Å²) >= 11 is 0. The van der Waals surface area contributed by atoms with Gasteiger partial charge in [0.2, 0.25) is 11.9 Å². The molecule has 0 saturated heterocycles. The number of hydrogen-bond donors (Lipinski definition) is 2. The zero-order valence-electron chi connectivity index (χ0n) is 12.5. The largest absolute Gasteiger partial charge is 0.464 e. The Morgan fingerprint density at radius 2 is 2.05 bits per heavy atom. The summed E-state index contributed by atoms with van der Waals surface area (Å²) in [6, 6.07) is 0.265. The van der Waals surface area contributed by atoms with Crippen molar-refractivity contribution in [2.75, 3.05) is 50.7 Å². The molecule has 0 amide bonds. The van der Waals surface area contributed by atoms with Gasteiger partial charge in [0.1, 0.15) is 0 Å². The summed E-state index contributed by atoms with van der Waals surface area (Å²) in [5, 5.41) is 12.8. The van der Waals surface area contributed by atoms with Crippen LogP contribution in [0.1, 0.15) is 13.8 Å². The summed E-state index contributed by atoms with van der Waals surface area (Å²) in [6.07, 6.45) is -0.611. The summed E-state index contributed by atoms with van der Waals surface area (Å²) in [6.45, 7) is 5.61. The Bertz CT molecular complexity index is 380. The molecule has 1 unspecified atom stereocenters. The standard InChI is InChI=1S/C12H23N5O3/c1-5-13-10-14-11(16-12(15-10)20-6-2)17(3)7-9(18)8-19-4/h9,18H,5-8H2,1-4H3,(H,13,14,15,16). The Morgan fingerprint density at radius 1 is 1.30 bits per heavy atom. The lowest BCUT2D eigenvalue weighted by molar-refractivity contribution is 0.0693. The Morgan fingerprint density at radius 3 is 2.65 bits per heavy atom. The average molecular weight is 285 g/mol. The summed E-state index contributed by atoms with van der Waals surface area (Å²) in [5.74, 6) is 0.892. The number of nitrogens with one attached hydrogen (secondary N) is 1. The van der Waals surface area contributed by atoms with Crippen molar-refractivity contribution in [3.63, 3.8) is 0 Å². The van der Waals surface area contributed by atoms with E-state index in [1.54, 1.807) is 19.1 Å². The average Bonchev–Trinajstić information content (AvgIpc) is 2.39. The Balaban J connectivity index is 2.85. The molecule has 0 aliphatic heterocycles. The molecule has 0 saturated carbocycles. The van der Waals surface area contributed by atoms with Crippen molar-refractivity contribution < 1.29 is 14.6 Å². The number of aromatic nitrogens is 3. The third kappa shape index (κ3) is 5.14. The van der Waals surface area contributed by atoms with E-state index in [-0.39, 0.29) is 12.6 Å². The third-order valence-electron chi connectivity index (χ3n) is 2.40. The van der Waals surface area contributed by atoms with E-state index in [2.05, 4.69) is 20.3 Å². The van der Waals surface area contributed by atoms with E-state index >= 15 is 0 Å². The number of ether oxygens (including phenoxy) is 2. The van der Waals surface area contributed by atoms with Gasteiger partial charge < -0.3 is 24.8 Å². The first-order chi connectivity index (χ1) is 9.60. The van der Waals surface area contributed by atoms with Crippen molar-refractivity contribution in [2.24, 2.45) is 0 Å². The van der Waals surface area contributed by atoms with Crippen molar-refractivity contribution in [1.82, 2.24) is 15.0 Å². The number of methoxy groups -OCH3 is 1. The fraction of sp³-hybridized carbons (Fsp3) is 0.750. The van der Waals surface area contributed by atoms with Gasteiger partial charge in [0, 0.05) is 27.2 Å². The van der Waals surface area contributed by atoms with Gasteiger partial charge in [0.15, 0.2) is 0 Å². The predicted molar refractivity (Wildman–Crippen MR) is 76.3 cm³/mol. The molecular weight excluding hydrogens is 262 g/mol. The van der Waals surface area contributed by atoms with Gasteiger partial charge in [-0.3, -0.25) is 0 Å². The van der Waals surface area contributed by atoms with E-state index < -0.39 is 6.10 Å². The quantitative estimate of drug-likeness (QED) is 0.662. The molecule has 2 N–H and O–H groups in total. The number of aliphatic hydroxyl groups excluding tert-OH is 1. The minimum absolute atomic E-state index is 0.258. The predicted octanol–water partition coefficient (Wildman–Crippen LogP) is 0.146. The lowest BCUT2D eigenvalue weighted by Gasteiger charge is -2.21. The molecule has 1 aromatic heterocycles. The van der Waals surface area contributed by atoms with Crippen LogP contribution in [0, 0.1) is 0 Å². The monoisotopic (exact) mass is 285 g/mol. The highest BCUT2D eigenvalue weighted by Gasteiger charge is 2.14. The van der Waals surface area contributed by atoms with Crippen LogP contribution in [0.5, 0.6) is 6.01 Å². The molecule has 20 heavy (non-hydrogen) atoms. The fourth-order valence-corrected chi connectivity index (χ4v) is 1.59. The SMILES string of the molecule is CCNc1nc(OCC)nc(N(C)CC(O)COC)n1. The molecule has 0 aromatic carbocycles. The number of rotatable bonds is 9. The first kappa shape index (κ1) is 16.4. The molecule has 0 spiro atoms. The highest BCUT2D eigenvalue weighted by atomic mass is 16.5. The van der Waals surface area contributed by atoms with Crippen molar-refractivity contribution in [1.29, 1.82) is 0 Å². The van der Waals surface area contributed by atoms with Gasteiger partial charge in [0.25, 0.3) is 0 Å². The van der Waals surface area contributed by atoms with Crippen LogP contribution < -0.4 is 15.0 Å². The van der Waals surface area contributed by atoms with Crippen molar-refractivity contribution in [2.45, 2.75) is 20.0 Å². The number of aliphatic hydroxyl groups is 1. The van der Waals surface area contributed by atoms with Crippen LogP contribution in [0.15, 0.2) is 0 Å². The highest BCUT2D eigenvalue weighted by molar-refractivity contribution is 5.37. The lowest BCUT2D eigenvalue weighted by atomic mass is 10.3. The molecule has 114 valence electrons. The molecule has 0 fully saturated rings. The lowest BCUT2D eigenvalue weighted by Crippen LogP contribution is -2.33. The number of hydrogen-bond acceptors (Lipinski definition) is 8. The minimum Gasteiger partial charge on any atom is -0.464 e. The second-order valence-corrected chi connectivity index (χ2v) is 4.19. The van der Waals surface area contributed by atoms with Crippen LogP contribution in [-0.4, -0.2) is 66.6 Å². The molecule has 1 aromatic rings. The first-order valence-corrected chi connectivity index (χ1v) is 6.61. The van der Waals surface area contributed by atoms with Crippen LogP contribution in [-0.2, 0) is 4.74 Å². The molecule has 8 heteroatoms. The molecule has 1 rings (SSSR count). The number of anilines is 2. The molecule has 0 radical (unpaired) electrons. The molecule has 0 aliphatic rings. The maximum absolute atomic E-state index is 9.74. The van der Waals surface area contributed by atoms with Crippen LogP contribution in [0.25, 0.3) is 0 Å². The zero-order chi connectivity index (χ0) is 15.0. The van der Waals surface area contributed by atoms with Crippen molar-refractivity contribution in [3.8, 4) is 6.01 Å². The maximum atomic E-state index is 9.74. The van der Waals surface area contributed by atoms with Gasteiger partial charge in [-0.25, -0.2) is 0 Å². The zero-order valence-corrected chi connectivity index (χ0v) is 12.5.